The van der Waals surface area contributed by atoms with Gasteiger partial charge in [-0.3, -0.25) is 0 Å². The molecular weight excluding hydrogens is 250 g/mol. The Hall–Kier alpha value is -0.940. The van der Waals surface area contributed by atoms with Gasteiger partial charge in [-0.2, -0.15) is 0 Å². The van der Waals surface area contributed by atoms with E-state index in [1.54, 1.807) is 11.3 Å². The number of anilines is 1. The van der Waals surface area contributed by atoms with Crippen LogP contribution in [0, 0.1) is 0 Å². The molecular formula is C12H15N3S2. The molecule has 1 aliphatic rings. The number of hydrogen-bond acceptors (Lipinski definition) is 5. The molecule has 0 radical (unpaired) electrons. The van der Waals surface area contributed by atoms with Crippen LogP contribution < -0.4 is 5.73 Å². The molecule has 3 nitrogen and oxygen atoms in total. The van der Waals surface area contributed by atoms with E-state index in [-0.39, 0.29) is 0 Å². The van der Waals surface area contributed by atoms with E-state index in [1.807, 2.05) is 11.6 Å². The molecule has 0 aliphatic heterocycles. The van der Waals surface area contributed by atoms with E-state index in [0.717, 1.165) is 10.6 Å². The van der Waals surface area contributed by atoms with Gasteiger partial charge in [-0.1, -0.05) is 19.3 Å². The van der Waals surface area contributed by atoms with E-state index in [4.69, 9.17) is 5.73 Å². The van der Waals surface area contributed by atoms with Crippen molar-refractivity contribution in [3.8, 4) is 10.6 Å². The van der Waals surface area contributed by atoms with Gasteiger partial charge >= 0.3 is 0 Å². The predicted molar refractivity (Wildman–Crippen MR) is 73.5 cm³/mol. The Labute approximate surface area is 109 Å². The molecule has 0 bridgehead atoms. The van der Waals surface area contributed by atoms with Crippen LogP contribution in [-0.2, 0) is 0 Å². The summed E-state index contributed by atoms with van der Waals surface area (Å²) in [5.74, 6) is 0.679. The van der Waals surface area contributed by atoms with Crippen molar-refractivity contribution in [1.82, 2.24) is 9.97 Å². The van der Waals surface area contributed by atoms with Crippen LogP contribution in [0.3, 0.4) is 0 Å². The normalized spacial score (nSPS) is 17.4. The Bertz CT molecular complexity index is 497. The second-order valence-corrected chi connectivity index (χ2v) is 6.42. The molecule has 0 amide bonds. The van der Waals surface area contributed by atoms with Gasteiger partial charge in [0.1, 0.15) is 0 Å². The highest BCUT2D eigenvalue weighted by Crippen LogP contribution is 2.37. The summed E-state index contributed by atoms with van der Waals surface area (Å²) < 4.78 is 0. The first kappa shape index (κ1) is 11.2. The minimum absolute atomic E-state index is 0.632. The Morgan fingerprint density at radius 2 is 2.06 bits per heavy atom. The highest BCUT2D eigenvalue weighted by molar-refractivity contribution is 7.16. The molecule has 17 heavy (non-hydrogen) atoms. The number of nitrogens with two attached hydrogens (primary N) is 1. The summed E-state index contributed by atoms with van der Waals surface area (Å²) in [6.07, 6.45) is 8.63. The van der Waals surface area contributed by atoms with Crippen molar-refractivity contribution < 1.29 is 0 Å². The molecule has 90 valence electrons. The van der Waals surface area contributed by atoms with Gasteiger partial charge in [0.2, 0.25) is 0 Å². The summed E-state index contributed by atoms with van der Waals surface area (Å²) in [5, 5.41) is 3.92. The number of rotatable bonds is 2. The smallest absolute Gasteiger partial charge is 0.180 e. The second kappa shape index (κ2) is 4.74. The van der Waals surface area contributed by atoms with Crippen molar-refractivity contribution in [2.75, 3.05) is 5.73 Å². The van der Waals surface area contributed by atoms with E-state index in [2.05, 4.69) is 9.97 Å². The number of nitrogens with zero attached hydrogens (tertiary/aromatic N) is 2. The van der Waals surface area contributed by atoms with E-state index in [0.29, 0.717) is 11.0 Å². The van der Waals surface area contributed by atoms with Gasteiger partial charge in [-0.05, 0) is 12.8 Å². The van der Waals surface area contributed by atoms with Gasteiger partial charge in [-0.15, -0.1) is 22.7 Å². The molecule has 3 rings (SSSR count). The van der Waals surface area contributed by atoms with Crippen LogP contribution in [0.15, 0.2) is 11.6 Å². The zero-order valence-electron chi connectivity index (χ0n) is 9.56. The zero-order chi connectivity index (χ0) is 11.7. The van der Waals surface area contributed by atoms with Crippen LogP contribution in [0.4, 0.5) is 5.13 Å². The molecule has 2 aromatic heterocycles. The highest BCUT2D eigenvalue weighted by atomic mass is 32.1. The van der Waals surface area contributed by atoms with Gasteiger partial charge < -0.3 is 5.73 Å². The molecule has 1 aliphatic carbocycles. The Balaban J connectivity index is 1.82. The van der Waals surface area contributed by atoms with Crippen LogP contribution in [0.25, 0.3) is 10.6 Å². The Morgan fingerprint density at radius 1 is 1.24 bits per heavy atom. The number of nitrogen functional groups attached to an aromatic ring is 1. The van der Waals surface area contributed by atoms with Gasteiger partial charge in [0, 0.05) is 17.5 Å². The quantitative estimate of drug-likeness (QED) is 0.896. The maximum atomic E-state index is 5.66. The number of thiazole rings is 2. The lowest BCUT2D eigenvalue weighted by Gasteiger charge is -2.18. The average Bonchev–Trinajstić information content (AvgIpc) is 2.98. The summed E-state index contributed by atoms with van der Waals surface area (Å²) in [6, 6.07) is 0. The molecule has 1 saturated carbocycles. The van der Waals surface area contributed by atoms with Crippen LogP contribution in [0.2, 0.25) is 0 Å². The van der Waals surface area contributed by atoms with Gasteiger partial charge in [0.05, 0.1) is 15.6 Å². The SMILES string of the molecule is Nc1nc(-c2cnc(C3CCCCC3)s2)cs1. The Kier molecular flexibility index (Phi) is 3.11. The molecule has 0 aromatic carbocycles. The van der Waals surface area contributed by atoms with E-state index >= 15 is 0 Å². The lowest BCUT2D eigenvalue weighted by atomic mass is 9.90. The van der Waals surface area contributed by atoms with Crippen molar-refractivity contribution in [2.24, 2.45) is 0 Å². The monoisotopic (exact) mass is 265 g/mol. The molecule has 1 fully saturated rings. The van der Waals surface area contributed by atoms with Crippen LogP contribution in [0.5, 0.6) is 0 Å². The maximum Gasteiger partial charge on any atom is 0.180 e. The van der Waals surface area contributed by atoms with Crippen molar-refractivity contribution in [3.05, 3.63) is 16.6 Å². The third kappa shape index (κ3) is 2.35. The fourth-order valence-corrected chi connectivity index (χ4v) is 4.03. The first-order chi connectivity index (χ1) is 8.33. The lowest BCUT2D eigenvalue weighted by Crippen LogP contribution is -2.03. The van der Waals surface area contributed by atoms with Crippen LogP contribution >= 0.6 is 22.7 Å². The average molecular weight is 265 g/mol. The van der Waals surface area contributed by atoms with Crippen molar-refractivity contribution in [1.29, 1.82) is 0 Å². The third-order valence-electron chi connectivity index (χ3n) is 3.25. The first-order valence-electron chi connectivity index (χ1n) is 6.00. The number of aromatic nitrogens is 2. The molecule has 5 heteroatoms. The first-order valence-corrected chi connectivity index (χ1v) is 7.69. The van der Waals surface area contributed by atoms with E-state index in [1.165, 1.54) is 48.4 Å². The van der Waals surface area contributed by atoms with Crippen LogP contribution in [-0.4, -0.2) is 9.97 Å². The van der Waals surface area contributed by atoms with Crippen LogP contribution in [0.1, 0.15) is 43.0 Å². The predicted octanol–water partition coefficient (Wildman–Crippen LogP) is 3.90. The second-order valence-electron chi connectivity index (χ2n) is 4.47. The van der Waals surface area contributed by atoms with Crippen molar-refractivity contribution in [3.63, 3.8) is 0 Å². The minimum Gasteiger partial charge on any atom is -0.375 e. The minimum atomic E-state index is 0.632. The summed E-state index contributed by atoms with van der Waals surface area (Å²) in [4.78, 5) is 10.0. The van der Waals surface area contributed by atoms with Gasteiger partial charge in [0.15, 0.2) is 5.13 Å². The van der Waals surface area contributed by atoms with Gasteiger partial charge in [0.25, 0.3) is 0 Å². The molecule has 0 unspecified atom stereocenters. The Morgan fingerprint density at radius 3 is 2.76 bits per heavy atom. The van der Waals surface area contributed by atoms with E-state index in [9.17, 15) is 0 Å². The molecule has 0 spiro atoms. The topological polar surface area (TPSA) is 51.8 Å². The highest BCUT2D eigenvalue weighted by Gasteiger charge is 2.19. The summed E-state index contributed by atoms with van der Waals surface area (Å²) in [5.41, 5.74) is 6.64. The third-order valence-corrected chi connectivity index (χ3v) is 5.11. The van der Waals surface area contributed by atoms with E-state index < -0.39 is 0 Å². The largest absolute Gasteiger partial charge is 0.375 e. The fourth-order valence-electron chi connectivity index (χ4n) is 2.35. The standard InChI is InChI=1S/C12H15N3S2/c13-12-15-9(7-16-12)10-6-14-11(17-10)8-4-2-1-3-5-8/h6-8H,1-5H2,(H2,13,15). The van der Waals surface area contributed by atoms with Crippen molar-refractivity contribution in [2.45, 2.75) is 38.0 Å². The summed E-state index contributed by atoms with van der Waals surface area (Å²) in [6.45, 7) is 0. The summed E-state index contributed by atoms with van der Waals surface area (Å²) >= 11 is 3.27. The summed E-state index contributed by atoms with van der Waals surface area (Å²) in [7, 11) is 0. The zero-order valence-corrected chi connectivity index (χ0v) is 11.2. The number of hydrogen-bond donors (Lipinski definition) is 1. The molecule has 2 N–H and O–H groups in total. The molecule has 2 aromatic rings. The van der Waals surface area contributed by atoms with Crippen molar-refractivity contribution >= 4 is 27.8 Å². The van der Waals surface area contributed by atoms with Gasteiger partial charge in [-0.25, -0.2) is 9.97 Å². The maximum absolute atomic E-state index is 5.66. The fraction of sp³-hybridized carbons (Fsp3) is 0.500. The molecule has 2 heterocycles. The molecule has 0 atom stereocenters. The lowest BCUT2D eigenvalue weighted by molar-refractivity contribution is 0.442. The molecule has 0 saturated heterocycles.